The maximum Gasteiger partial charge on any atom is 0.357 e. The Morgan fingerprint density at radius 1 is 0.289 bits per heavy atom. The van der Waals surface area contributed by atoms with Crippen LogP contribution in [0.1, 0.15) is 44.5 Å². The van der Waals surface area contributed by atoms with Crippen molar-refractivity contribution in [2.24, 2.45) is 0 Å². The highest BCUT2D eigenvalue weighted by Crippen LogP contribution is 2.39. The van der Waals surface area contributed by atoms with E-state index in [1.807, 2.05) is 23.5 Å². The van der Waals surface area contributed by atoms with Crippen LogP contribution in [0.25, 0.3) is 0 Å². The molecule has 8 rings (SSSR count). The minimum atomic E-state index is -4.94. The maximum atomic E-state index is 8.49. The van der Waals surface area contributed by atoms with Crippen LogP contribution in [0, 0.1) is 93.3 Å². The molecule has 8 aromatic carbocycles. The van der Waals surface area contributed by atoms with Crippen LogP contribution in [0.2, 0.25) is 0 Å². The van der Waals surface area contributed by atoms with Gasteiger partial charge in [0, 0.05) is 41.8 Å². The zero-order valence-electron chi connectivity index (χ0n) is 42.2. The molecule has 0 spiro atoms. The Morgan fingerprint density at radius 3 is 0.684 bits per heavy atom. The molecule has 400 valence electrons. The molecule has 0 aliphatic carbocycles. The van der Waals surface area contributed by atoms with Crippen molar-refractivity contribution >= 4 is 45.3 Å². The zero-order valence-corrected chi connectivity index (χ0v) is 49.9. The molecule has 8 aromatic rings. The molecule has 0 N–H and O–H groups in total. The van der Waals surface area contributed by atoms with Crippen molar-refractivity contribution in [3.8, 4) is 0 Å². The molecule has 20 heteroatoms. The first kappa shape index (κ1) is 63.1. The summed E-state index contributed by atoms with van der Waals surface area (Å²) >= 11 is 3.42. The SMILES string of the molecule is Cc1ccc([S+](c2ccc(Sc3ccc([I+]c4ccc(Sc5ccc([S+](c6ccc(C)cc6C)c6ccc(C)cc6C)cc5)cc4)cc3)cc2)c2ccc(C)cc2C)c(C)c1.[O-][Cl+3]([O-])([O-])[O-].[O-][Cl+3]([O-])([O-])[O-].[O-][Cl+3]([O-])([O-])[O-]. The number of aryl methyl sites for hydroxylation is 8. The van der Waals surface area contributed by atoms with Crippen LogP contribution < -0.4 is 77.1 Å². The van der Waals surface area contributed by atoms with Gasteiger partial charge >= 0.3 is 21.2 Å². The predicted molar refractivity (Wildman–Crippen MR) is 259 cm³/mol. The summed E-state index contributed by atoms with van der Waals surface area (Å²) in [5.41, 5.74) is 10.7. The topological polar surface area (TPSA) is 277 Å². The lowest BCUT2D eigenvalue weighted by atomic mass is 10.2. The lowest BCUT2D eigenvalue weighted by Gasteiger charge is -2.17. The van der Waals surface area contributed by atoms with Crippen LogP contribution in [0.15, 0.2) is 219 Å². The first-order chi connectivity index (χ1) is 35.5. The van der Waals surface area contributed by atoms with Crippen molar-refractivity contribution in [2.75, 3.05) is 0 Å². The second kappa shape index (κ2) is 28.4. The molecule has 0 amide bonds. The number of hydrogen-bond acceptors (Lipinski definition) is 14. The van der Waals surface area contributed by atoms with E-state index in [1.165, 1.54) is 101 Å². The van der Waals surface area contributed by atoms with E-state index in [4.69, 9.17) is 55.9 Å². The van der Waals surface area contributed by atoms with Crippen LogP contribution in [-0.2, 0) is 21.8 Å². The molecular formula is C56H52Cl3IO12S4. The summed E-state index contributed by atoms with van der Waals surface area (Å²) in [5, 5.41) is 0. The molecule has 0 heterocycles. The van der Waals surface area contributed by atoms with E-state index < -0.39 is 30.7 Å². The van der Waals surface area contributed by atoms with Crippen LogP contribution in [0.3, 0.4) is 0 Å². The van der Waals surface area contributed by atoms with Crippen LogP contribution >= 0.6 is 23.5 Å². The summed E-state index contributed by atoms with van der Waals surface area (Å²) in [4.78, 5) is 13.4. The zero-order chi connectivity index (χ0) is 56.1. The van der Waals surface area contributed by atoms with Gasteiger partial charge in [-0.25, -0.2) is 55.9 Å². The molecule has 0 aliphatic rings. The highest BCUT2D eigenvalue weighted by atomic mass is 127. The third-order valence-electron chi connectivity index (χ3n) is 10.6. The van der Waals surface area contributed by atoms with Crippen molar-refractivity contribution in [2.45, 2.75) is 104 Å². The van der Waals surface area contributed by atoms with E-state index >= 15 is 0 Å². The van der Waals surface area contributed by atoms with E-state index in [0.717, 1.165) is 0 Å². The summed E-state index contributed by atoms with van der Waals surface area (Å²) in [6, 6.07) is 64.7. The van der Waals surface area contributed by atoms with Crippen LogP contribution in [0.4, 0.5) is 0 Å². The van der Waals surface area contributed by atoms with Gasteiger partial charge in [0.1, 0.15) is 0 Å². The first-order valence-corrected chi connectivity index (χ1v) is 32.5. The molecule has 0 radical (unpaired) electrons. The van der Waals surface area contributed by atoms with Gasteiger partial charge < -0.3 is 0 Å². The van der Waals surface area contributed by atoms with E-state index in [2.05, 4.69) is 225 Å². The number of hydrogen-bond donors (Lipinski definition) is 0. The smallest absolute Gasteiger partial charge is 0.222 e. The first-order valence-electron chi connectivity index (χ1n) is 22.5. The Balaban J connectivity index is 0.000000627. The van der Waals surface area contributed by atoms with Gasteiger partial charge in [-0.05, 0) is 177 Å². The highest BCUT2D eigenvalue weighted by molar-refractivity contribution is 7.99. The highest BCUT2D eigenvalue weighted by Gasteiger charge is 2.33. The minimum absolute atomic E-state index is 0.168. The normalized spacial score (nSPS) is 11.6. The molecule has 0 fully saturated rings. The number of halogens is 4. The Labute approximate surface area is 474 Å². The quantitative estimate of drug-likeness (QED) is 0.0996. The third-order valence-corrected chi connectivity index (χ3v) is 20.4. The molecule has 0 aromatic heterocycles. The largest absolute Gasteiger partial charge is 0.357 e. The lowest BCUT2D eigenvalue weighted by Crippen LogP contribution is -3.61. The van der Waals surface area contributed by atoms with Gasteiger partial charge in [-0.1, -0.05) is 94.3 Å². The average molecular weight is 1280 g/mol. The summed E-state index contributed by atoms with van der Waals surface area (Å²) < 4.78 is 105. The van der Waals surface area contributed by atoms with Gasteiger partial charge in [-0.3, -0.25) is 0 Å². The molecule has 0 saturated carbocycles. The molecule has 12 nitrogen and oxygen atoms in total. The van der Waals surface area contributed by atoms with E-state index in [-0.39, 0.29) is 43.0 Å². The van der Waals surface area contributed by atoms with Crippen molar-refractivity contribution in [3.05, 3.63) is 222 Å². The van der Waals surface area contributed by atoms with Crippen LogP contribution in [-0.4, -0.2) is 0 Å². The van der Waals surface area contributed by atoms with Gasteiger partial charge in [0.15, 0.2) is 36.5 Å². The Bertz CT molecular complexity index is 2810. The Morgan fingerprint density at radius 2 is 0.487 bits per heavy atom. The van der Waals surface area contributed by atoms with Gasteiger partial charge in [-0.15, -0.1) is 30.7 Å². The maximum absolute atomic E-state index is 8.49. The minimum Gasteiger partial charge on any atom is -0.222 e. The van der Waals surface area contributed by atoms with Crippen LogP contribution in [0.5, 0.6) is 0 Å². The summed E-state index contributed by atoms with van der Waals surface area (Å²) in [7, 11) is -15.2. The lowest BCUT2D eigenvalue weighted by molar-refractivity contribution is -2.00. The van der Waals surface area contributed by atoms with Crippen molar-refractivity contribution in [3.63, 3.8) is 0 Å². The fourth-order valence-corrected chi connectivity index (χ4v) is 16.1. The fraction of sp³-hybridized carbons (Fsp3) is 0.143. The van der Waals surface area contributed by atoms with Gasteiger partial charge in [0.2, 0.25) is 0 Å². The second-order valence-electron chi connectivity index (χ2n) is 17.0. The summed E-state index contributed by atoms with van der Waals surface area (Å²) in [6.07, 6.45) is 0. The summed E-state index contributed by atoms with van der Waals surface area (Å²) in [5.74, 6) is 0. The monoisotopic (exact) mass is 1280 g/mol. The molecular weight excluding hydrogens is 1230 g/mol. The number of benzene rings is 8. The third kappa shape index (κ3) is 21.8. The fourth-order valence-electron chi connectivity index (χ4n) is 7.68. The average Bonchev–Trinajstić information content (AvgIpc) is 3.30. The molecule has 0 saturated heterocycles. The van der Waals surface area contributed by atoms with Gasteiger partial charge in [0.05, 0.1) is 21.8 Å². The predicted octanol–water partition coefficient (Wildman–Crippen LogP) is -1.49. The molecule has 0 bridgehead atoms. The standard InChI is InChI=1S/C56H52IS4.3ClHO4/c1-37-9-29-53(41(5)33-37)60(54-30-10-38(2)34-42(54)6)51-25-21-49(22-26-51)58-47-17-13-45(14-18-47)57-46-15-19-48(20-16-46)59-50-23-27-52(28-24-50)61(55-31-11-39(3)35-43(55)7)56-32-12-40(4)36-44(56)8;3*2-1(3,4)5/h9-36H,1-8H3;3*(H,2,3,4,5)/q+3;;;/p-3. The van der Waals surface area contributed by atoms with Crippen molar-refractivity contribution in [1.82, 2.24) is 0 Å². The van der Waals surface area contributed by atoms with E-state index in [0.29, 0.717) is 0 Å². The molecule has 0 aliphatic heterocycles. The summed E-state index contributed by atoms with van der Waals surface area (Å²) in [6.45, 7) is 17.8. The van der Waals surface area contributed by atoms with Gasteiger partial charge in [0.25, 0.3) is 0 Å². The molecule has 0 unspecified atom stereocenters. The Kier molecular flexibility index (Phi) is 23.6. The number of rotatable bonds is 12. The molecule has 76 heavy (non-hydrogen) atoms. The Hall–Kier alpha value is -3.72. The molecule has 0 atom stereocenters. The van der Waals surface area contributed by atoms with E-state index in [9.17, 15) is 0 Å². The van der Waals surface area contributed by atoms with Crippen molar-refractivity contribution < 1.29 is 108 Å². The van der Waals surface area contributed by atoms with Gasteiger partial charge in [-0.2, -0.15) is 0 Å². The van der Waals surface area contributed by atoms with Crippen molar-refractivity contribution in [1.29, 1.82) is 0 Å². The van der Waals surface area contributed by atoms with E-state index in [1.54, 1.807) is 0 Å². The second-order valence-corrected chi connectivity index (χ2v) is 28.5.